The number of carbonyl (C=O) groups is 2. The molecule has 2 aromatic carbocycles. The lowest BCUT2D eigenvalue weighted by Gasteiger charge is -2.02. The molecule has 5 heteroatoms. The average molecular weight is 344 g/mol. The summed E-state index contributed by atoms with van der Waals surface area (Å²) < 4.78 is 9.83. The van der Waals surface area contributed by atoms with Gasteiger partial charge in [-0.3, -0.25) is 0 Å². The van der Waals surface area contributed by atoms with Crippen molar-refractivity contribution < 1.29 is 24.2 Å². The van der Waals surface area contributed by atoms with Crippen LogP contribution in [-0.2, 0) is 9.47 Å². The number of phenols is 1. The molecular formula is C20H24O5. The van der Waals surface area contributed by atoms with Gasteiger partial charge in [0.05, 0.1) is 24.3 Å². The van der Waals surface area contributed by atoms with Gasteiger partial charge >= 0.3 is 11.9 Å². The maximum Gasteiger partial charge on any atom is 0.338 e. The molecule has 0 amide bonds. The van der Waals surface area contributed by atoms with Crippen LogP contribution in [-0.4, -0.2) is 30.3 Å². The van der Waals surface area contributed by atoms with E-state index in [1.54, 1.807) is 12.1 Å². The van der Waals surface area contributed by atoms with Crippen molar-refractivity contribution in [2.45, 2.75) is 26.7 Å². The molecule has 0 aliphatic heterocycles. The largest absolute Gasteiger partial charge is 0.508 e. The van der Waals surface area contributed by atoms with Crippen molar-refractivity contribution >= 4 is 11.9 Å². The minimum absolute atomic E-state index is 0.145. The third kappa shape index (κ3) is 8.01. The SMILES string of the molecule is CCCOC(=O)c1ccc(O)cc1.CCCOC(=O)c1ccccc1. The fourth-order valence-corrected chi connectivity index (χ4v) is 1.73. The number of hydrogen-bond acceptors (Lipinski definition) is 5. The highest BCUT2D eigenvalue weighted by Gasteiger charge is 2.05. The molecule has 5 nitrogen and oxygen atoms in total. The molecule has 2 rings (SSSR count). The predicted molar refractivity (Wildman–Crippen MR) is 95.7 cm³/mol. The molecule has 0 aromatic heterocycles. The summed E-state index contributed by atoms with van der Waals surface area (Å²) in [6.45, 7) is 4.83. The van der Waals surface area contributed by atoms with Gasteiger partial charge in [0.25, 0.3) is 0 Å². The molecule has 0 aliphatic carbocycles. The van der Waals surface area contributed by atoms with E-state index in [2.05, 4.69) is 0 Å². The van der Waals surface area contributed by atoms with E-state index in [0.29, 0.717) is 24.3 Å². The van der Waals surface area contributed by atoms with Crippen LogP contribution < -0.4 is 0 Å². The number of benzene rings is 2. The molecule has 0 heterocycles. The van der Waals surface area contributed by atoms with Gasteiger partial charge in [0.1, 0.15) is 5.75 Å². The second-order valence-corrected chi connectivity index (χ2v) is 5.18. The van der Waals surface area contributed by atoms with Crippen molar-refractivity contribution in [2.24, 2.45) is 0 Å². The van der Waals surface area contributed by atoms with E-state index in [4.69, 9.17) is 14.6 Å². The van der Waals surface area contributed by atoms with Crippen molar-refractivity contribution in [1.82, 2.24) is 0 Å². The lowest BCUT2D eigenvalue weighted by molar-refractivity contribution is 0.0496. The first kappa shape index (κ1) is 20.2. The summed E-state index contributed by atoms with van der Waals surface area (Å²) in [6.07, 6.45) is 1.67. The van der Waals surface area contributed by atoms with Crippen LogP contribution in [0.15, 0.2) is 54.6 Å². The van der Waals surface area contributed by atoms with Gasteiger partial charge in [-0.05, 0) is 49.2 Å². The van der Waals surface area contributed by atoms with Crippen LogP contribution in [0, 0.1) is 0 Å². The maximum absolute atomic E-state index is 11.2. The van der Waals surface area contributed by atoms with E-state index in [-0.39, 0.29) is 17.7 Å². The van der Waals surface area contributed by atoms with E-state index in [0.717, 1.165) is 12.8 Å². The van der Waals surface area contributed by atoms with Gasteiger partial charge in [-0.2, -0.15) is 0 Å². The number of hydrogen-bond donors (Lipinski definition) is 1. The van der Waals surface area contributed by atoms with Crippen LogP contribution in [0.25, 0.3) is 0 Å². The van der Waals surface area contributed by atoms with Gasteiger partial charge in [-0.25, -0.2) is 9.59 Å². The first-order chi connectivity index (χ1) is 12.1. The lowest BCUT2D eigenvalue weighted by atomic mass is 10.2. The lowest BCUT2D eigenvalue weighted by Crippen LogP contribution is -2.05. The van der Waals surface area contributed by atoms with E-state index >= 15 is 0 Å². The molecule has 134 valence electrons. The molecular weight excluding hydrogens is 320 g/mol. The molecule has 0 radical (unpaired) electrons. The molecule has 0 fully saturated rings. The first-order valence-electron chi connectivity index (χ1n) is 8.26. The Morgan fingerprint density at radius 3 is 1.64 bits per heavy atom. The topological polar surface area (TPSA) is 72.8 Å². The quantitative estimate of drug-likeness (QED) is 0.795. The Bertz CT molecular complexity index is 635. The van der Waals surface area contributed by atoms with Crippen molar-refractivity contribution in [3.05, 3.63) is 65.7 Å². The number of aromatic hydroxyl groups is 1. The molecule has 2 aromatic rings. The maximum atomic E-state index is 11.2. The molecule has 0 bridgehead atoms. The zero-order chi connectivity index (χ0) is 18.5. The summed E-state index contributed by atoms with van der Waals surface area (Å²) >= 11 is 0. The van der Waals surface area contributed by atoms with Crippen LogP contribution in [0.1, 0.15) is 47.4 Å². The Morgan fingerprint density at radius 1 is 0.760 bits per heavy atom. The molecule has 0 saturated carbocycles. The van der Waals surface area contributed by atoms with Crippen LogP contribution in [0.2, 0.25) is 0 Å². The Morgan fingerprint density at radius 2 is 1.20 bits per heavy atom. The number of rotatable bonds is 6. The van der Waals surface area contributed by atoms with Crippen LogP contribution >= 0.6 is 0 Å². The normalized spacial score (nSPS) is 9.52. The minimum Gasteiger partial charge on any atom is -0.508 e. The number of phenolic OH excluding ortho intramolecular Hbond substituents is 1. The Balaban J connectivity index is 0.000000251. The van der Waals surface area contributed by atoms with Crippen molar-refractivity contribution in [2.75, 3.05) is 13.2 Å². The molecule has 0 saturated heterocycles. The zero-order valence-electron chi connectivity index (χ0n) is 14.6. The van der Waals surface area contributed by atoms with E-state index in [1.165, 1.54) is 24.3 Å². The van der Waals surface area contributed by atoms with Crippen molar-refractivity contribution in [3.8, 4) is 5.75 Å². The summed E-state index contributed by atoms with van der Waals surface area (Å²) in [5, 5.41) is 8.96. The number of esters is 2. The van der Waals surface area contributed by atoms with E-state index < -0.39 is 0 Å². The van der Waals surface area contributed by atoms with Gasteiger partial charge in [0, 0.05) is 0 Å². The van der Waals surface area contributed by atoms with Crippen molar-refractivity contribution in [3.63, 3.8) is 0 Å². The summed E-state index contributed by atoms with van der Waals surface area (Å²) in [5.74, 6) is -0.439. The summed E-state index contributed by atoms with van der Waals surface area (Å²) in [7, 11) is 0. The van der Waals surface area contributed by atoms with E-state index in [9.17, 15) is 9.59 Å². The molecule has 0 aliphatic rings. The average Bonchev–Trinajstić information content (AvgIpc) is 2.66. The molecule has 0 unspecified atom stereocenters. The highest BCUT2D eigenvalue weighted by molar-refractivity contribution is 5.89. The van der Waals surface area contributed by atoms with Crippen LogP contribution in [0.4, 0.5) is 0 Å². The third-order valence-electron chi connectivity index (χ3n) is 2.99. The summed E-state index contributed by atoms with van der Waals surface area (Å²) in [4.78, 5) is 22.4. The second-order valence-electron chi connectivity index (χ2n) is 5.18. The Labute approximate surface area is 148 Å². The van der Waals surface area contributed by atoms with Crippen LogP contribution in [0.5, 0.6) is 5.75 Å². The zero-order valence-corrected chi connectivity index (χ0v) is 14.6. The van der Waals surface area contributed by atoms with Gasteiger partial charge in [-0.1, -0.05) is 32.0 Å². The fraction of sp³-hybridized carbons (Fsp3) is 0.300. The number of carbonyl (C=O) groups excluding carboxylic acids is 2. The smallest absolute Gasteiger partial charge is 0.338 e. The molecule has 25 heavy (non-hydrogen) atoms. The summed E-state index contributed by atoms with van der Waals surface area (Å²) in [6, 6.07) is 15.0. The molecule has 0 atom stereocenters. The molecule has 0 spiro atoms. The molecule has 1 N–H and O–H groups in total. The highest BCUT2D eigenvalue weighted by atomic mass is 16.5. The monoisotopic (exact) mass is 344 g/mol. The second kappa shape index (κ2) is 11.7. The van der Waals surface area contributed by atoms with Gasteiger partial charge < -0.3 is 14.6 Å². The summed E-state index contributed by atoms with van der Waals surface area (Å²) in [5.41, 5.74) is 1.08. The fourth-order valence-electron chi connectivity index (χ4n) is 1.73. The van der Waals surface area contributed by atoms with Crippen molar-refractivity contribution in [1.29, 1.82) is 0 Å². The third-order valence-corrected chi connectivity index (χ3v) is 2.99. The standard InChI is InChI=1S/C10H12O3.C10H12O2/c1-2-7-13-10(12)8-3-5-9(11)6-4-8;1-2-8-12-10(11)9-6-4-3-5-7-9/h3-6,11H,2,7H2,1H3;3-7H,2,8H2,1H3. The van der Waals surface area contributed by atoms with E-state index in [1.807, 2.05) is 32.0 Å². The predicted octanol–water partition coefficient (Wildman–Crippen LogP) is 4.21. The highest BCUT2D eigenvalue weighted by Crippen LogP contribution is 2.10. The Kier molecular flexibility index (Phi) is 9.45. The van der Waals surface area contributed by atoms with Gasteiger partial charge in [0.15, 0.2) is 0 Å². The number of ether oxygens (including phenoxy) is 2. The van der Waals surface area contributed by atoms with Gasteiger partial charge in [0.2, 0.25) is 0 Å². The first-order valence-corrected chi connectivity index (χ1v) is 8.26. The van der Waals surface area contributed by atoms with Gasteiger partial charge in [-0.15, -0.1) is 0 Å². The minimum atomic E-state index is -0.346. The Hall–Kier alpha value is -2.82. The van der Waals surface area contributed by atoms with Crippen LogP contribution in [0.3, 0.4) is 0 Å².